The molecule has 1 aliphatic carbocycles. The predicted molar refractivity (Wildman–Crippen MR) is 63.8 cm³/mol. The van der Waals surface area contributed by atoms with Gasteiger partial charge in [0.05, 0.1) is 6.10 Å². The van der Waals surface area contributed by atoms with Crippen LogP contribution in [0.25, 0.3) is 0 Å². The molecule has 0 amide bonds. The third-order valence-electron chi connectivity index (χ3n) is 2.57. The van der Waals surface area contributed by atoms with Crippen molar-refractivity contribution in [1.82, 2.24) is 0 Å². The lowest BCUT2D eigenvalue weighted by Crippen LogP contribution is -2.13. The quantitative estimate of drug-likeness (QED) is 0.733. The van der Waals surface area contributed by atoms with Crippen molar-refractivity contribution < 1.29 is 4.74 Å². The van der Waals surface area contributed by atoms with Gasteiger partial charge in [-0.15, -0.1) is 0 Å². The molecule has 2 heteroatoms. The summed E-state index contributed by atoms with van der Waals surface area (Å²) in [7, 11) is 0. The van der Waals surface area contributed by atoms with E-state index in [9.17, 15) is 0 Å². The van der Waals surface area contributed by atoms with E-state index in [0.717, 1.165) is 10.8 Å². The number of ether oxygens (including phenoxy) is 1. The Morgan fingerprint density at radius 3 is 2.47 bits per heavy atom. The highest BCUT2D eigenvalue weighted by Gasteiger charge is 2.27. The first-order valence-corrected chi connectivity index (χ1v) is 5.81. The molecule has 0 unspecified atom stereocenters. The van der Waals surface area contributed by atoms with E-state index < -0.39 is 0 Å². The number of hydrogen-bond acceptors (Lipinski definition) is 1. The highest BCUT2D eigenvalue weighted by molar-refractivity contribution is 6.30. The Bertz CT molecular complexity index is 361. The summed E-state index contributed by atoms with van der Waals surface area (Å²) in [5, 5.41) is 0.749. The van der Waals surface area contributed by atoms with Crippen LogP contribution < -0.4 is 4.74 Å². The van der Waals surface area contributed by atoms with E-state index >= 15 is 0 Å². The van der Waals surface area contributed by atoms with Crippen molar-refractivity contribution >= 4 is 11.6 Å². The Labute approximate surface area is 96.4 Å². The molecule has 0 radical (unpaired) electrons. The Balaban J connectivity index is 2.34. The van der Waals surface area contributed by atoms with E-state index in [4.69, 9.17) is 16.3 Å². The highest BCUT2D eigenvalue weighted by atomic mass is 35.5. The van der Waals surface area contributed by atoms with Gasteiger partial charge in [-0.1, -0.05) is 38.4 Å². The lowest BCUT2D eigenvalue weighted by molar-refractivity contribution is 0.295. The number of hydrogen-bond donors (Lipinski definition) is 0. The second-order valence-electron chi connectivity index (χ2n) is 5.21. The molecular weight excluding hydrogens is 208 g/mol. The summed E-state index contributed by atoms with van der Waals surface area (Å²) >= 11 is 5.99. The largest absolute Gasteiger partial charge is 0.490 e. The van der Waals surface area contributed by atoms with Gasteiger partial charge in [-0.25, -0.2) is 0 Å². The van der Waals surface area contributed by atoms with Crippen LogP contribution in [0.3, 0.4) is 0 Å². The first-order chi connectivity index (χ1) is 6.97. The average Bonchev–Trinajstić information content (AvgIpc) is 2.85. The summed E-state index contributed by atoms with van der Waals surface area (Å²) in [5.74, 6) is 0.956. The van der Waals surface area contributed by atoms with Crippen LogP contribution in [0, 0.1) is 0 Å². The molecule has 0 bridgehead atoms. The van der Waals surface area contributed by atoms with Crippen LogP contribution in [-0.2, 0) is 5.41 Å². The third kappa shape index (κ3) is 2.66. The summed E-state index contributed by atoms with van der Waals surface area (Å²) in [5.41, 5.74) is 1.34. The second kappa shape index (κ2) is 3.71. The van der Waals surface area contributed by atoms with Gasteiger partial charge in [-0.05, 0) is 36.0 Å². The zero-order chi connectivity index (χ0) is 11.1. The molecule has 0 aromatic heterocycles. The third-order valence-corrected chi connectivity index (χ3v) is 2.80. The number of rotatable bonds is 2. The van der Waals surface area contributed by atoms with Crippen LogP contribution in [0.2, 0.25) is 5.02 Å². The van der Waals surface area contributed by atoms with Crippen LogP contribution in [0.4, 0.5) is 0 Å². The first-order valence-electron chi connectivity index (χ1n) is 5.43. The zero-order valence-electron chi connectivity index (χ0n) is 9.51. The van der Waals surface area contributed by atoms with Crippen LogP contribution >= 0.6 is 11.6 Å². The Kier molecular flexibility index (Phi) is 2.68. The van der Waals surface area contributed by atoms with Crippen molar-refractivity contribution in [3.05, 3.63) is 28.8 Å². The molecule has 0 aliphatic heterocycles. The van der Waals surface area contributed by atoms with E-state index in [0.29, 0.717) is 6.10 Å². The smallest absolute Gasteiger partial charge is 0.124 e. The summed E-state index contributed by atoms with van der Waals surface area (Å²) < 4.78 is 5.88. The van der Waals surface area contributed by atoms with Gasteiger partial charge in [0.25, 0.3) is 0 Å². The molecule has 0 atom stereocenters. The zero-order valence-corrected chi connectivity index (χ0v) is 10.3. The number of benzene rings is 1. The molecule has 1 saturated carbocycles. The fraction of sp³-hybridized carbons (Fsp3) is 0.538. The van der Waals surface area contributed by atoms with Crippen molar-refractivity contribution in [2.24, 2.45) is 0 Å². The van der Waals surface area contributed by atoms with Crippen molar-refractivity contribution in [1.29, 1.82) is 0 Å². The monoisotopic (exact) mass is 224 g/mol. The molecule has 15 heavy (non-hydrogen) atoms. The van der Waals surface area contributed by atoms with Gasteiger partial charge in [0.15, 0.2) is 0 Å². The molecule has 0 N–H and O–H groups in total. The maximum atomic E-state index is 5.99. The fourth-order valence-electron chi connectivity index (χ4n) is 1.58. The van der Waals surface area contributed by atoms with Crippen LogP contribution in [-0.4, -0.2) is 6.10 Å². The van der Waals surface area contributed by atoms with Crippen molar-refractivity contribution in [3.8, 4) is 5.75 Å². The standard InChI is InChI=1S/C13H17ClO/c1-13(2,3)11-7-4-9(14)8-12(11)15-10-5-6-10/h4,7-8,10H,5-6H2,1-3H3. The van der Waals surface area contributed by atoms with Gasteiger partial charge >= 0.3 is 0 Å². The molecule has 82 valence electrons. The lowest BCUT2D eigenvalue weighted by Gasteiger charge is -2.23. The van der Waals surface area contributed by atoms with Crippen molar-refractivity contribution in [2.75, 3.05) is 0 Å². The normalized spacial score (nSPS) is 16.5. The summed E-state index contributed by atoms with van der Waals surface area (Å²) in [6.07, 6.45) is 2.77. The van der Waals surface area contributed by atoms with Gasteiger partial charge in [0.2, 0.25) is 0 Å². The van der Waals surface area contributed by atoms with Crippen LogP contribution in [0.1, 0.15) is 39.2 Å². The van der Waals surface area contributed by atoms with E-state index in [2.05, 4.69) is 26.8 Å². The fourth-order valence-corrected chi connectivity index (χ4v) is 1.74. The van der Waals surface area contributed by atoms with E-state index in [1.54, 1.807) is 0 Å². The Hall–Kier alpha value is -0.690. The predicted octanol–water partition coefficient (Wildman–Crippen LogP) is 4.18. The SMILES string of the molecule is CC(C)(C)c1ccc(Cl)cc1OC1CC1. The Morgan fingerprint density at radius 2 is 1.93 bits per heavy atom. The molecule has 1 aliphatic rings. The minimum Gasteiger partial charge on any atom is -0.490 e. The molecular formula is C13H17ClO. The van der Waals surface area contributed by atoms with Crippen LogP contribution in [0.5, 0.6) is 5.75 Å². The Morgan fingerprint density at radius 1 is 1.27 bits per heavy atom. The van der Waals surface area contributed by atoms with E-state index in [1.807, 2.05) is 12.1 Å². The van der Waals surface area contributed by atoms with Crippen molar-refractivity contribution in [2.45, 2.75) is 45.1 Å². The topological polar surface area (TPSA) is 9.23 Å². The lowest BCUT2D eigenvalue weighted by atomic mass is 9.86. The summed E-state index contributed by atoms with van der Waals surface area (Å²) in [6, 6.07) is 5.93. The van der Waals surface area contributed by atoms with Gasteiger partial charge in [-0.3, -0.25) is 0 Å². The highest BCUT2D eigenvalue weighted by Crippen LogP contribution is 2.36. The molecule has 0 spiro atoms. The summed E-state index contributed by atoms with van der Waals surface area (Å²) in [6.45, 7) is 6.57. The number of halogens is 1. The van der Waals surface area contributed by atoms with Gasteiger partial charge in [-0.2, -0.15) is 0 Å². The molecule has 0 heterocycles. The van der Waals surface area contributed by atoms with Gasteiger partial charge in [0, 0.05) is 5.02 Å². The van der Waals surface area contributed by atoms with Gasteiger partial charge in [0.1, 0.15) is 5.75 Å². The minimum atomic E-state index is 0.106. The minimum absolute atomic E-state index is 0.106. The molecule has 1 nitrogen and oxygen atoms in total. The van der Waals surface area contributed by atoms with E-state index in [1.165, 1.54) is 18.4 Å². The maximum absolute atomic E-state index is 5.99. The van der Waals surface area contributed by atoms with Crippen molar-refractivity contribution in [3.63, 3.8) is 0 Å². The summed E-state index contributed by atoms with van der Waals surface area (Å²) in [4.78, 5) is 0. The molecule has 1 aromatic rings. The molecule has 1 aromatic carbocycles. The van der Waals surface area contributed by atoms with E-state index in [-0.39, 0.29) is 5.41 Å². The molecule has 0 saturated heterocycles. The molecule has 2 rings (SSSR count). The second-order valence-corrected chi connectivity index (χ2v) is 5.64. The maximum Gasteiger partial charge on any atom is 0.124 e. The first kappa shape index (κ1) is 10.8. The van der Waals surface area contributed by atoms with Gasteiger partial charge < -0.3 is 4.74 Å². The molecule has 1 fully saturated rings. The van der Waals surface area contributed by atoms with Crippen LogP contribution in [0.15, 0.2) is 18.2 Å². The average molecular weight is 225 g/mol.